The Morgan fingerprint density at radius 1 is 1.27 bits per heavy atom. The van der Waals surface area contributed by atoms with Gasteiger partial charge in [0.25, 0.3) is 0 Å². The molecule has 0 N–H and O–H groups in total. The zero-order chi connectivity index (χ0) is 16.3. The van der Waals surface area contributed by atoms with Crippen LogP contribution in [0.1, 0.15) is 52.1 Å². The average Bonchev–Trinajstić information content (AvgIpc) is 2.80. The fourth-order valence-corrected chi connectivity index (χ4v) is 2.54. The Balaban J connectivity index is 2.07. The van der Waals surface area contributed by atoms with Crippen LogP contribution in [-0.2, 0) is 4.74 Å². The summed E-state index contributed by atoms with van der Waals surface area (Å²) in [6, 6.07) is 2.09. The molecule has 2 aromatic rings. The molecule has 0 aliphatic heterocycles. The summed E-state index contributed by atoms with van der Waals surface area (Å²) in [6.45, 7) is 7.66. The smallest absolute Gasteiger partial charge is 0.358 e. The van der Waals surface area contributed by atoms with Gasteiger partial charge in [0.1, 0.15) is 0 Å². The fraction of sp³-hybridized carbons (Fsp3) is 0.375. The van der Waals surface area contributed by atoms with E-state index in [1.54, 1.807) is 0 Å². The van der Waals surface area contributed by atoms with E-state index >= 15 is 0 Å². The van der Waals surface area contributed by atoms with Crippen LogP contribution in [-0.4, -0.2) is 32.9 Å². The molecule has 0 atom stereocenters. The number of carbonyl (C=O) groups is 2. The van der Waals surface area contributed by atoms with Crippen LogP contribution in [0.15, 0.2) is 24.7 Å². The lowest BCUT2D eigenvalue weighted by Gasteiger charge is -2.13. The SMILES string of the molecule is Cc1cc(C(=O)COC(=O)c2cnccn2)c(C)n1C(C)C. The second-order valence-electron chi connectivity index (χ2n) is 5.34. The summed E-state index contributed by atoms with van der Waals surface area (Å²) in [6.07, 6.45) is 4.16. The van der Waals surface area contributed by atoms with Gasteiger partial charge < -0.3 is 9.30 Å². The van der Waals surface area contributed by atoms with Crippen LogP contribution in [0, 0.1) is 13.8 Å². The third-order valence-corrected chi connectivity index (χ3v) is 3.41. The van der Waals surface area contributed by atoms with Crippen molar-refractivity contribution in [3.05, 3.63) is 47.3 Å². The van der Waals surface area contributed by atoms with Crippen molar-refractivity contribution in [3.63, 3.8) is 0 Å². The minimum absolute atomic E-state index is 0.0861. The number of esters is 1. The van der Waals surface area contributed by atoms with Crippen molar-refractivity contribution in [3.8, 4) is 0 Å². The van der Waals surface area contributed by atoms with E-state index in [1.165, 1.54) is 18.6 Å². The predicted octanol–water partition coefficient (Wildman–Crippen LogP) is 2.52. The molecule has 0 amide bonds. The molecule has 0 saturated carbocycles. The lowest BCUT2D eigenvalue weighted by atomic mass is 10.1. The molecule has 2 rings (SSSR count). The number of rotatable bonds is 5. The largest absolute Gasteiger partial charge is 0.453 e. The highest BCUT2D eigenvalue weighted by molar-refractivity contribution is 6.00. The molecule has 2 aromatic heterocycles. The minimum Gasteiger partial charge on any atom is -0.453 e. The molecule has 0 saturated heterocycles. The van der Waals surface area contributed by atoms with Gasteiger partial charge in [-0.05, 0) is 33.8 Å². The Hall–Kier alpha value is -2.50. The predicted molar refractivity (Wildman–Crippen MR) is 80.9 cm³/mol. The maximum absolute atomic E-state index is 12.3. The average molecular weight is 301 g/mol. The number of aryl methyl sites for hydroxylation is 1. The standard InChI is InChI=1S/C16H19N3O3/c1-10(2)19-11(3)7-13(12(19)4)15(20)9-22-16(21)14-8-17-5-6-18-14/h5-8,10H,9H2,1-4H3. The van der Waals surface area contributed by atoms with Gasteiger partial charge in [-0.15, -0.1) is 0 Å². The number of ketones is 1. The van der Waals surface area contributed by atoms with Gasteiger partial charge in [0.2, 0.25) is 5.78 Å². The second-order valence-corrected chi connectivity index (χ2v) is 5.34. The summed E-state index contributed by atoms with van der Waals surface area (Å²) in [4.78, 5) is 31.7. The first kappa shape index (κ1) is 15.9. The van der Waals surface area contributed by atoms with E-state index < -0.39 is 5.97 Å². The van der Waals surface area contributed by atoms with Crippen LogP contribution >= 0.6 is 0 Å². The zero-order valence-electron chi connectivity index (χ0n) is 13.2. The Bertz CT molecular complexity index is 690. The molecule has 116 valence electrons. The molecule has 22 heavy (non-hydrogen) atoms. The first-order valence-corrected chi connectivity index (χ1v) is 7.06. The molecule has 0 radical (unpaired) electrons. The molecular formula is C16H19N3O3. The van der Waals surface area contributed by atoms with Crippen molar-refractivity contribution in [2.24, 2.45) is 0 Å². The molecular weight excluding hydrogens is 282 g/mol. The molecule has 0 aromatic carbocycles. The normalized spacial score (nSPS) is 10.8. The number of Topliss-reactive ketones (excluding diaryl/α,β-unsaturated/α-hetero) is 1. The Morgan fingerprint density at radius 3 is 2.55 bits per heavy atom. The molecule has 2 heterocycles. The molecule has 0 unspecified atom stereocenters. The molecule has 6 heteroatoms. The number of nitrogens with zero attached hydrogens (tertiary/aromatic N) is 3. The summed E-state index contributed by atoms with van der Waals surface area (Å²) in [5.74, 6) is -0.878. The van der Waals surface area contributed by atoms with Crippen LogP contribution < -0.4 is 0 Å². The highest BCUT2D eigenvalue weighted by Gasteiger charge is 2.19. The second kappa shape index (κ2) is 6.51. The maximum Gasteiger partial charge on any atom is 0.358 e. The van der Waals surface area contributed by atoms with Crippen molar-refractivity contribution < 1.29 is 14.3 Å². The van der Waals surface area contributed by atoms with Crippen molar-refractivity contribution >= 4 is 11.8 Å². The topological polar surface area (TPSA) is 74.1 Å². The lowest BCUT2D eigenvalue weighted by Crippen LogP contribution is -2.16. The van der Waals surface area contributed by atoms with Crippen LogP contribution in [0.4, 0.5) is 0 Å². The van der Waals surface area contributed by atoms with Crippen LogP contribution in [0.5, 0.6) is 0 Å². The Morgan fingerprint density at radius 2 is 2.00 bits per heavy atom. The fourth-order valence-electron chi connectivity index (χ4n) is 2.54. The lowest BCUT2D eigenvalue weighted by molar-refractivity contribution is 0.0468. The van der Waals surface area contributed by atoms with E-state index in [0.717, 1.165) is 11.4 Å². The molecule has 6 nitrogen and oxygen atoms in total. The number of ether oxygens (including phenoxy) is 1. The number of aromatic nitrogens is 3. The van der Waals surface area contributed by atoms with Crippen molar-refractivity contribution in [1.29, 1.82) is 0 Å². The highest BCUT2D eigenvalue weighted by Crippen LogP contribution is 2.20. The quantitative estimate of drug-likeness (QED) is 0.626. The van der Waals surface area contributed by atoms with E-state index in [9.17, 15) is 9.59 Å². The highest BCUT2D eigenvalue weighted by atomic mass is 16.5. The van der Waals surface area contributed by atoms with Gasteiger partial charge in [0.05, 0.1) is 6.20 Å². The number of hydrogen-bond acceptors (Lipinski definition) is 5. The van der Waals surface area contributed by atoms with Crippen LogP contribution in [0.2, 0.25) is 0 Å². The summed E-state index contributed by atoms with van der Waals surface area (Å²) >= 11 is 0. The van der Waals surface area contributed by atoms with E-state index in [0.29, 0.717) is 5.56 Å². The summed E-state index contributed by atoms with van der Waals surface area (Å²) in [5, 5.41) is 0. The first-order chi connectivity index (χ1) is 10.4. The van der Waals surface area contributed by atoms with Gasteiger partial charge in [-0.2, -0.15) is 0 Å². The molecule has 0 spiro atoms. The van der Waals surface area contributed by atoms with Gasteiger partial charge in [-0.1, -0.05) is 0 Å². The summed E-state index contributed by atoms with van der Waals surface area (Å²) in [5.41, 5.74) is 2.56. The Kier molecular flexibility index (Phi) is 4.70. The molecule has 0 fully saturated rings. The third kappa shape index (κ3) is 3.21. The molecule has 0 aliphatic carbocycles. The molecule has 0 bridgehead atoms. The van der Waals surface area contributed by atoms with E-state index in [4.69, 9.17) is 4.74 Å². The number of hydrogen-bond donors (Lipinski definition) is 0. The van der Waals surface area contributed by atoms with Crippen LogP contribution in [0.25, 0.3) is 0 Å². The summed E-state index contributed by atoms with van der Waals surface area (Å²) in [7, 11) is 0. The van der Waals surface area contributed by atoms with Crippen molar-refractivity contribution in [2.75, 3.05) is 6.61 Å². The van der Waals surface area contributed by atoms with Crippen molar-refractivity contribution in [2.45, 2.75) is 33.7 Å². The van der Waals surface area contributed by atoms with E-state index in [1.807, 2.05) is 19.9 Å². The zero-order valence-corrected chi connectivity index (χ0v) is 13.2. The van der Waals surface area contributed by atoms with Gasteiger partial charge in [-0.25, -0.2) is 9.78 Å². The van der Waals surface area contributed by atoms with Crippen LogP contribution in [0.3, 0.4) is 0 Å². The monoisotopic (exact) mass is 301 g/mol. The first-order valence-electron chi connectivity index (χ1n) is 7.06. The van der Waals surface area contributed by atoms with Gasteiger partial charge in [0, 0.05) is 35.4 Å². The van der Waals surface area contributed by atoms with Gasteiger partial charge >= 0.3 is 5.97 Å². The van der Waals surface area contributed by atoms with Gasteiger partial charge in [0.15, 0.2) is 12.3 Å². The Labute approximate surface area is 129 Å². The maximum atomic E-state index is 12.3. The number of carbonyl (C=O) groups excluding carboxylic acids is 2. The molecule has 0 aliphatic rings. The van der Waals surface area contributed by atoms with E-state index in [2.05, 4.69) is 28.4 Å². The van der Waals surface area contributed by atoms with E-state index in [-0.39, 0.29) is 24.1 Å². The minimum atomic E-state index is -0.654. The van der Waals surface area contributed by atoms with Crippen molar-refractivity contribution in [1.82, 2.24) is 14.5 Å². The van der Waals surface area contributed by atoms with Gasteiger partial charge in [-0.3, -0.25) is 9.78 Å². The summed E-state index contributed by atoms with van der Waals surface area (Å²) < 4.78 is 7.09. The third-order valence-electron chi connectivity index (χ3n) is 3.41.